The molecule has 1 N–H and O–H groups in total. The second kappa shape index (κ2) is 6.45. The minimum absolute atomic E-state index is 0.136. The smallest absolute Gasteiger partial charge is 0.265 e. The Bertz CT molecular complexity index is 838. The fraction of sp³-hybridized carbons (Fsp3) is 0.375. The molecule has 0 aliphatic heterocycles. The Morgan fingerprint density at radius 3 is 2.91 bits per heavy atom. The molecule has 1 aromatic carbocycles. The number of para-hydroxylation sites is 2. The first-order valence-electron chi connectivity index (χ1n) is 7.65. The molecule has 0 saturated heterocycles. The molecule has 0 spiro atoms. The molecule has 23 heavy (non-hydrogen) atoms. The van der Waals surface area contributed by atoms with Crippen molar-refractivity contribution in [2.45, 2.75) is 32.7 Å². The van der Waals surface area contributed by atoms with E-state index in [0.29, 0.717) is 4.88 Å². The van der Waals surface area contributed by atoms with Crippen LogP contribution in [-0.4, -0.2) is 25.0 Å². The molecule has 3 rings (SSSR count). The standard InChI is InChI=1S/C16H19N5OS/c1-4-7-12-14(23-20-19-12)16(22)17-10(2)15-18-11-8-5-6-9-13(11)21(15)3/h5-6,8-10H,4,7H2,1-3H3,(H,17,22)/t10-/m0/s1. The molecule has 0 aliphatic rings. The van der Waals surface area contributed by atoms with Gasteiger partial charge in [-0.15, -0.1) is 5.10 Å². The number of hydrogen-bond donors (Lipinski definition) is 1. The lowest BCUT2D eigenvalue weighted by Crippen LogP contribution is -2.28. The maximum Gasteiger partial charge on any atom is 0.265 e. The maximum absolute atomic E-state index is 12.5. The summed E-state index contributed by atoms with van der Waals surface area (Å²) in [6.07, 6.45) is 1.70. The van der Waals surface area contributed by atoms with Crippen molar-refractivity contribution in [2.75, 3.05) is 0 Å². The summed E-state index contributed by atoms with van der Waals surface area (Å²) in [5, 5.41) is 7.05. The van der Waals surface area contributed by atoms with E-state index in [1.54, 1.807) is 0 Å². The number of amides is 1. The van der Waals surface area contributed by atoms with Crippen molar-refractivity contribution in [1.29, 1.82) is 0 Å². The number of aromatic nitrogens is 4. The minimum atomic E-state index is -0.198. The van der Waals surface area contributed by atoms with Crippen LogP contribution in [-0.2, 0) is 13.5 Å². The molecule has 0 saturated carbocycles. The third-order valence-electron chi connectivity index (χ3n) is 3.81. The zero-order valence-electron chi connectivity index (χ0n) is 13.4. The van der Waals surface area contributed by atoms with Gasteiger partial charge in [0.25, 0.3) is 5.91 Å². The van der Waals surface area contributed by atoms with Crippen molar-refractivity contribution in [3.05, 3.63) is 40.7 Å². The normalized spacial score (nSPS) is 12.5. The molecule has 0 fully saturated rings. The molecule has 3 aromatic rings. The van der Waals surface area contributed by atoms with E-state index in [2.05, 4.69) is 26.8 Å². The van der Waals surface area contributed by atoms with E-state index in [0.717, 1.165) is 46.9 Å². The largest absolute Gasteiger partial charge is 0.342 e. The Morgan fingerprint density at radius 1 is 1.39 bits per heavy atom. The molecule has 1 amide bonds. The Hall–Kier alpha value is -2.28. The average molecular weight is 329 g/mol. The fourth-order valence-corrected chi connectivity index (χ4v) is 3.27. The second-order valence-electron chi connectivity index (χ2n) is 5.51. The molecule has 7 heteroatoms. The van der Waals surface area contributed by atoms with E-state index in [1.165, 1.54) is 0 Å². The zero-order valence-corrected chi connectivity index (χ0v) is 14.2. The number of nitrogens with zero attached hydrogens (tertiary/aromatic N) is 4. The molecule has 0 unspecified atom stereocenters. The van der Waals surface area contributed by atoms with Crippen molar-refractivity contribution >= 4 is 28.5 Å². The zero-order chi connectivity index (χ0) is 16.4. The van der Waals surface area contributed by atoms with Crippen LogP contribution in [0.25, 0.3) is 11.0 Å². The summed E-state index contributed by atoms with van der Waals surface area (Å²) in [6.45, 7) is 4.00. The van der Waals surface area contributed by atoms with Crippen molar-refractivity contribution < 1.29 is 4.79 Å². The van der Waals surface area contributed by atoms with E-state index in [1.807, 2.05) is 42.8 Å². The summed E-state index contributed by atoms with van der Waals surface area (Å²) in [7, 11) is 1.96. The van der Waals surface area contributed by atoms with Gasteiger partial charge in [0.1, 0.15) is 10.7 Å². The van der Waals surface area contributed by atoms with Crippen LogP contribution in [0.4, 0.5) is 0 Å². The SMILES string of the molecule is CCCc1nnsc1C(=O)N[C@@H](C)c1nc2ccccc2n1C. The summed E-state index contributed by atoms with van der Waals surface area (Å²) < 4.78 is 5.92. The first kappa shape index (κ1) is 15.6. The van der Waals surface area contributed by atoms with Gasteiger partial charge in [-0.2, -0.15) is 0 Å². The van der Waals surface area contributed by atoms with E-state index in [9.17, 15) is 4.79 Å². The molecule has 0 bridgehead atoms. The van der Waals surface area contributed by atoms with Gasteiger partial charge >= 0.3 is 0 Å². The van der Waals surface area contributed by atoms with Gasteiger partial charge in [-0.1, -0.05) is 30.0 Å². The van der Waals surface area contributed by atoms with Gasteiger partial charge in [-0.3, -0.25) is 4.79 Å². The summed E-state index contributed by atoms with van der Waals surface area (Å²) >= 11 is 1.14. The van der Waals surface area contributed by atoms with Crippen LogP contribution in [0.15, 0.2) is 24.3 Å². The van der Waals surface area contributed by atoms with Gasteiger partial charge in [0, 0.05) is 7.05 Å². The van der Waals surface area contributed by atoms with Gasteiger partial charge in [-0.05, 0) is 37.0 Å². The van der Waals surface area contributed by atoms with E-state index >= 15 is 0 Å². The average Bonchev–Trinajstić information content (AvgIpc) is 3.13. The van der Waals surface area contributed by atoms with Crippen LogP contribution in [0, 0.1) is 0 Å². The summed E-state index contributed by atoms with van der Waals surface area (Å²) in [6, 6.07) is 7.74. The molecular weight excluding hydrogens is 310 g/mol. The molecule has 2 aromatic heterocycles. The molecule has 1 atom stereocenters. The number of carbonyl (C=O) groups excluding carboxylic acids is 1. The monoisotopic (exact) mass is 329 g/mol. The molecule has 120 valence electrons. The van der Waals surface area contributed by atoms with E-state index < -0.39 is 0 Å². The number of aryl methyl sites for hydroxylation is 2. The van der Waals surface area contributed by atoms with Crippen LogP contribution >= 0.6 is 11.5 Å². The predicted octanol–water partition coefficient (Wildman–Crippen LogP) is 2.87. The van der Waals surface area contributed by atoms with Crippen molar-refractivity contribution in [3.63, 3.8) is 0 Å². The summed E-state index contributed by atoms with van der Waals surface area (Å²) in [4.78, 5) is 17.7. The summed E-state index contributed by atoms with van der Waals surface area (Å²) in [5.74, 6) is 0.692. The highest BCUT2D eigenvalue weighted by Gasteiger charge is 2.21. The number of carbonyl (C=O) groups is 1. The lowest BCUT2D eigenvalue weighted by atomic mass is 10.2. The van der Waals surface area contributed by atoms with E-state index in [-0.39, 0.29) is 11.9 Å². The van der Waals surface area contributed by atoms with Crippen molar-refractivity contribution in [1.82, 2.24) is 24.5 Å². The van der Waals surface area contributed by atoms with Gasteiger partial charge in [0.05, 0.1) is 22.8 Å². The predicted molar refractivity (Wildman–Crippen MR) is 90.5 cm³/mol. The van der Waals surface area contributed by atoms with Crippen LogP contribution in [0.1, 0.15) is 47.5 Å². The second-order valence-corrected chi connectivity index (χ2v) is 6.27. The molecule has 6 nitrogen and oxygen atoms in total. The lowest BCUT2D eigenvalue weighted by molar-refractivity contribution is 0.0941. The lowest BCUT2D eigenvalue weighted by Gasteiger charge is -2.13. The van der Waals surface area contributed by atoms with Crippen molar-refractivity contribution in [2.24, 2.45) is 7.05 Å². The van der Waals surface area contributed by atoms with E-state index in [4.69, 9.17) is 0 Å². The third-order valence-corrected chi connectivity index (χ3v) is 4.57. The van der Waals surface area contributed by atoms with Crippen LogP contribution < -0.4 is 5.32 Å². The number of fused-ring (bicyclic) bond motifs is 1. The highest BCUT2D eigenvalue weighted by atomic mass is 32.1. The first-order valence-corrected chi connectivity index (χ1v) is 8.42. The number of benzene rings is 1. The van der Waals surface area contributed by atoms with Crippen molar-refractivity contribution in [3.8, 4) is 0 Å². The number of nitrogens with one attached hydrogen (secondary N) is 1. The molecular formula is C16H19N5OS. The first-order chi connectivity index (χ1) is 11.1. The highest BCUT2D eigenvalue weighted by Crippen LogP contribution is 2.20. The van der Waals surface area contributed by atoms with Crippen LogP contribution in [0.5, 0.6) is 0 Å². The summed E-state index contributed by atoms with van der Waals surface area (Å²) in [5.41, 5.74) is 2.75. The van der Waals surface area contributed by atoms with Gasteiger partial charge in [0.15, 0.2) is 0 Å². The van der Waals surface area contributed by atoms with Crippen LogP contribution in [0.2, 0.25) is 0 Å². The third kappa shape index (κ3) is 2.96. The number of rotatable bonds is 5. The number of hydrogen-bond acceptors (Lipinski definition) is 5. The van der Waals surface area contributed by atoms with Gasteiger partial charge in [0.2, 0.25) is 0 Å². The van der Waals surface area contributed by atoms with Crippen LogP contribution in [0.3, 0.4) is 0 Å². The highest BCUT2D eigenvalue weighted by molar-refractivity contribution is 7.08. The Labute approximate surface area is 138 Å². The maximum atomic E-state index is 12.5. The van der Waals surface area contributed by atoms with Gasteiger partial charge in [-0.25, -0.2) is 4.98 Å². The fourth-order valence-electron chi connectivity index (χ4n) is 2.66. The quantitative estimate of drug-likeness (QED) is 0.781. The molecule has 2 heterocycles. The number of imidazole rings is 1. The van der Waals surface area contributed by atoms with Gasteiger partial charge < -0.3 is 9.88 Å². The molecule has 0 radical (unpaired) electrons. The topological polar surface area (TPSA) is 72.7 Å². The Morgan fingerprint density at radius 2 is 2.17 bits per heavy atom. The Kier molecular flexibility index (Phi) is 4.38. The molecule has 0 aliphatic carbocycles. The Balaban J connectivity index is 1.82. The minimum Gasteiger partial charge on any atom is -0.342 e.